The van der Waals surface area contributed by atoms with Gasteiger partial charge in [0, 0.05) is 9.90 Å². The van der Waals surface area contributed by atoms with Gasteiger partial charge in [-0.25, -0.2) is 9.59 Å². The van der Waals surface area contributed by atoms with Gasteiger partial charge in [0.1, 0.15) is 17.1 Å². The molecule has 0 saturated carbocycles. The summed E-state index contributed by atoms with van der Waals surface area (Å²) in [6.07, 6.45) is 2.84. The van der Waals surface area contributed by atoms with E-state index in [1.54, 1.807) is 38.1 Å². The van der Waals surface area contributed by atoms with Crippen LogP contribution in [0.15, 0.2) is 24.3 Å². The molecule has 0 radical (unpaired) electrons. The Bertz CT molecular complexity index is 1150. The maximum absolute atomic E-state index is 13.3. The lowest BCUT2D eigenvalue weighted by molar-refractivity contribution is -0.134. The highest BCUT2D eigenvalue weighted by Gasteiger charge is 2.51. The number of nitrogens with zero attached hydrogens (tertiary/aromatic N) is 1. The molecular formula is C23H24ClN3O5S. The van der Waals surface area contributed by atoms with E-state index < -0.39 is 35.9 Å². The molecule has 4 amide bonds. The normalized spacial score (nSPS) is 19.4. The zero-order valence-corrected chi connectivity index (χ0v) is 19.9. The Morgan fingerprint density at radius 2 is 2.06 bits per heavy atom. The lowest BCUT2D eigenvalue weighted by Crippen LogP contribution is -2.44. The van der Waals surface area contributed by atoms with Crippen LogP contribution in [0.5, 0.6) is 0 Å². The molecule has 1 fully saturated rings. The van der Waals surface area contributed by atoms with Crippen LogP contribution in [-0.4, -0.2) is 41.9 Å². The number of esters is 1. The van der Waals surface area contributed by atoms with E-state index >= 15 is 0 Å². The van der Waals surface area contributed by atoms with E-state index in [0.717, 1.165) is 34.6 Å². The van der Waals surface area contributed by atoms with Crippen LogP contribution in [-0.2, 0) is 32.7 Å². The third-order valence-electron chi connectivity index (χ3n) is 5.98. The second kappa shape index (κ2) is 9.15. The number of thiophene rings is 1. The first-order valence-electron chi connectivity index (χ1n) is 10.8. The minimum absolute atomic E-state index is 0.224. The molecule has 2 aromatic rings. The molecule has 0 spiro atoms. The first kappa shape index (κ1) is 23.3. The first-order valence-corrected chi connectivity index (χ1v) is 12.0. The van der Waals surface area contributed by atoms with Crippen molar-refractivity contribution >= 4 is 51.8 Å². The average Bonchev–Trinajstić information content (AvgIpc) is 3.42. The highest BCUT2D eigenvalue weighted by molar-refractivity contribution is 7.17. The quantitative estimate of drug-likeness (QED) is 0.454. The zero-order valence-electron chi connectivity index (χ0n) is 18.3. The van der Waals surface area contributed by atoms with Crippen LogP contribution >= 0.6 is 22.9 Å². The lowest BCUT2D eigenvalue weighted by atomic mass is 9.87. The average molecular weight is 490 g/mol. The molecule has 4 rings (SSSR count). The maximum Gasteiger partial charge on any atom is 0.341 e. The van der Waals surface area contributed by atoms with Crippen LogP contribution in [0, 0.1) is 0 Å². The molecule has 0 bridgehead atoms. The number of nitrogens with one attached hydrogen (secondary N) is 2. The Morgan fingerprint density at radius 3 is 2.76 bits per heavy atom. The molecule has 1 aliphatic heterocycles. The van der Waals surface area contributed by atoms with Crippen LogP contribution in [0.1, 0.15) is 53.1 Å². The van der Waals surface area contributed by atoms with Gasteiger partial charge in [-0.15, -0.1) is 11.3 Å². The van der Waals surface area contributed by atoms with E-state index in [-0.39, 0.29) is 6.61 Å². The summed E-state index contributed by atoms with van der Waals surface area (Å²) in [7, 11) is 0. The van der Waals surface area contributed by atoms with Crippen molar-refractivity contribution in [3.8, 4) is 0 Å². The van der Waals surface area contributed by atoms with Crippen molar-refractivity contribution in [2.45, 2.75) is 45.1 Å². The van der Waals surface area contributed by atoms with Gasteiger partial charge in [-0.05, 0) is 55.9 Å². The van der Waals surface area contributed by atoms with Gasteiger partial charge in [0.15, 0.2) is 0 Å². The molecule has 1 aromatic carbocycles. The standard InChI is InChI=1S/C23H24ClN3O5S/c1-3-23(13-7-5-8-14(24)11-13)21(30)27(22(31)26-23)12-17(28)25-19-18(20(29)32-4-2)15-9-6-10-16(15)33-19/h5,7-8,11H,3-4,6,9-10,12H2,1-2H3,(H,25,28)(H,26,31). The minimum atomic E-state index is -1.29. The molecule has 1 unspecified atom stereocenters. The fourth-order valence-electron chi connectivity index (χ4n) is 4.38. The molecule has 2 aliphatic rings. The summed E-state index contributed by atoms with van der Waals surface area (Å²) in [6.45, 7) is 3.25. The van der Waals surface area contributed by atoms with E-state index in [4.69, 9.17) is 16.3 Å². The van der Waals surface area contributed by atoms with Crippen LogP contribution in [0.4, 0.5) is 9.80 Å². The molecule has 2 N–H and O–H groups in total. The summed E-state index contributed by atoms with van der Waals surface area (Å²) in [5, 5.41) is 6.30. The SMILES string of the molecule is CCOC(=O)c1c(NC(=O)CN2C(=O)NC(CC)(c3cccc(Cl)c3)C2=O)sc2c1CCC2. The predicted octanol–water partition coefficient (Wildman–Crippen LogP) is 3.86. The van der Waals surface area contributed by atoms with Gasteiger partial charge >= 0.3 is 12.0 Å². The van der Waals surface area contributed by atoms with Gasteiger partial charge in [0.25, 0.3) is 5.91 Å². The second-order valence-electron chi connectivity index (χ2n) is 7.92. The van der Waals surface area contributed by atoms with Gasteiger partial charge in [-0.1, -0.05) is 30.7 Å². The Labute approximate surface area is 200 Å². The van der Waals surface area contributed by atoms with E-state index in [9.17, 15) is 19.2 Å². The van der Waals surface area contributed by atoms with Gasteiger partial charge in [-0.2, -0.15) is 0 Å². The first-order chi connectivity index (χ1) is 15.8. The van der Waals surface area contributed by atoms with Gasteiger partial charge < -0.3 is 15.4 Å². The summed E-state index contributed by atoms with van der Waals surface area (Å²) in [4.78, 5) is 53.3. The fraction of sp³-hybridized carbons (Fsp3) is 0.391. The number of halogens is 1. The number of hydrogen-bond donors (Lipinski definition) is 2. The number of ether oxygens (including phenoxy) is 1. The smallest absolute Gasteiger partial charge is 0.341 e. The molecule has 174 valence electrons. The summed E-state index contributed by atoms with van der Waals surface area (Å²) in [5.41, 5.74) is 0.553. The second-order valence-corrected chi connectivity index (χ2v) is 9.46. The highest BCUT2D eigenvalue weighted by atomic mass is 35.5. The molecule has 8 nitrogen and oxygen atoms in total. The number of urea groups is 1. The van der Waals surface area contributed by atoms with E-state index in [1.165, 1.54) is 11.3 Å². The van der Waals surface area contributed by atoms with Crippen molar-refractivity contribution in [1.29, 1.82) is 0 Å². The largest absolute Gasteiger partial charge is 0.462 e. The van der Waals surface area contributed by atoms with Crippen LogP contribution in [0.25, 0.3) is 0 Å². The third-order valence-corrected chi connectivity index (χ3v) is 7.42. The molecule has 2 heterocycles. The van der Waals surface area contributed by atoms with Crippen LogP contribution in [0.3, 0.4) is 0 Å². The van der Waals surface area contributed by atoms with Crippen molar-refractivity contribution in [1.82, 2.24) is 10.2 Å². The number of hydrogen-bond acceptors (Lipinski definition) is 6. The van der Waals surface area contributed by atoms with Gasteiger partial charge in [0.2, 0.25) is 5.91 Å². The summed E-state index contributed by atoms with van der Waals surface area (Å²) >= 11 is 7.44. The maximum atomic E-state index is 13.3. The molecule has 1 saturated heterocycles. The van der Waals surface area contributed by atoms with Gasteiger partial charge in [0.05, 0.1) is 12.2 Å². The van der Waals surface area contributed by atoms with Crippen molar-refractivity contribution in [2.75, 3.05) is 18.5 Å². The number of rotatable bonds is 7. The lowest BCUT2D eigenvalue weighted by Gasteiger charge is -2.25. The van der Waals surface area contributed by atoms with Crippen molar-refractivity contribution in [2.24, 2.45) is 0 Å². The number of anilines is 1. The van der Waals surface area contributed by atoms with Crippen molar-refractivity contribution < 1.29 is 23.9 Å². The predicted molar refractivity (Wildman–Crippen MR) is 125 cm³/mol. The number of carbonyl (C=O) groups excluding carboxylic acids is 4. The Balaban J connectivity index is 1.55. The molecule has 33 heavy (non-hydrogen) atoms. The molecule has 1 aromatic heterocycles. The third kappa shape index (κ3) is 4.11. The molecule has 1 aliphatic carbocycles. The molecular weight excluding hydrogens is 466 g/mol. The number of aryl methyl sites for hydroxylation is 1. The molecule has 1 atom stereocenters. The summed E-state index contributed by atoms with van der Waals surface area (Å²) in [5.74, 6) is -1.57. The Kier molecular flexibility index (Phi) is 6.45. The zero-order chi connectivity index (χ0) is 23.8. The van der Waals surface area contributed by atoms with Crippen molar-refractivity contribution in [3.63, 3.8) is 0 Å². The number of fused-ring (bicyclic) bond motifs is 1. The fourth-order valence-corrected chi connectivity index (χ4v) is 5.87. The number of amides is 4. The monoisotopic (exact) mass is 489 g/mol. The van der Waals surface area contributed by atoms with E-state index in [0.29, 0.717) is 27.6 Å². The van der Waals surface area contributed by atoms with Gasteiger partial charge in [-0.3, -0.25) is 14.5 Å². The van der Waals surface area contributed by atoms with E-state index in [2.05, 4.69) is 10.6 Å². The van der Waals surface area contributed by atoms with Crippen LogP contribution < -0.4 is 10.6 Å². The summed E-state index contributed by atoms with van der Waals surface area (Å²) < 4.78 is 5.18. The Morgan fingerprint density at radius 1 is 1.27 bits per heavy atom. The topological polar surface area (TPSA) is 105 Å². The highest BCUT2D eigenvalue weighted by Crippen LogP contribution is 2.40. The minimum Gasteiger partial charge on any atom is -0.462 e. The number of benzene rings is 1. The summed E-state index contributed by atoms with van der Waals surface area (Å²) in [6, 6.07) is 6.08. The van der Waals surface area contributed by atoms with Crippen molar-refractivity contribution in [3.05, 3.63) is 50.9 Å². The Hall–Kier alpha value is -2.91. The number of carbonyl (C=O) groups is 4. The van der Waals surface area contributed by atoms with E-state index in [1.807, 2.05) is 0 Å². The number of imide groups is 1. The van der Waals surface area contributed by atoms with Crippen LogP contribution in [0.2, 0.25) is 5.02 Å². The molecule has 10 heteroatoms.